The monoisotopic (exact) mass is 217 g/mol. The quantitative estimate of drug-likeness (QED) is 0.734. The second-order valence-electron chi connectivity index (χ2n) is 4.43. The van der Waals surface area contributed by atoms with Crippen LogP contribution in [-0.2, 0) is 0 Å². The van der Waals surface area contributed by atoms with Gasteiger partial charge in [0.15, 0.2) is 0 Å². The lowest BCUT2D eigenvalue weighted by molar-refractivity contribution is 0.190. The summed E-state index contributed by atoms with van der Waals surface area (Å²) in [6.45, 7) is 5.65. The summed E-state index contributed by atoms with van der Waals surface area (Å²) in [6.07, 6.45) is 4.74. The first-order chi connectivity index (χ1) is 7.40. The van der Waals surface area contributed by atoms with E-state index in [0.29, 0.717) is 5.75 Å². The molecule has 1 N–H and O–H groups in total. The van der Waals surface area contributed by atoms with Crippen LogP contribution in [0, 0.1) is 12.3 Å². The summed E-state index contributed by atoms with van der Waals surface area (Å²) in [5.74, 6) is 2.96. The minimum absolute atomic E-state index is 0.310. The Morgan fingerprint density at radius 2 is 1.88 bits per heavy atom. The molecule has 1 rings (SSSR count). The summed E-state index contributed by atoms with van der Waals surface area (Å²) in [4.78, 5) is 11.4. The molecule has 0 heterocycles. The fraction of sp³-hybridized carbons (Fsp3) is 0.308. The van der Waals surface area contributed by atoms with Gasteiger partial charge in [-0.05, 0) is 45.0 Å². The minimum atomic E-state index is -0.471. The molecule has 1 aromatic carbocycles. The lowest BCUT2D eigenvalue weighted by Crippen LogP contribution is -2.42. The molecule has 0 saturated carbocycles. The van der Waals surface area contributed by atoms with Crippen molar-refractivity contribution in [3.05, 3.63) is 29.8 Å². The molecule has 0 atom stereocenters. The van der Waals surface area contributed by atoms with Crippen molar-refractivity contribution < 1.29 is 9.53 Å². The highest BCUT2D eigenvalue weighted by Gasteiger charge is 2.14. The number of hydrogen-bond donors (Lipinski definition) is 1. The molecule has 84 valence electrons. The van der Waals surface area contributed by atoms with Gasteiger partial charge in [-0.15, -0.1) is 6.42 Å². The Morgan fingerprint density at radius 3 is 2.31 bits per heavy atom. The van der Waals surface area contributed by atoms with E-state index in [1.54, 1.807) is 24.3 Å². The van der Waals surface area contributed by atoms with Gasteiger partial charge in [0.1, 0.15) is 5.75 Å². The molecule has 16 heavy (non-hydrogen) atoms. The Labute approximate surface area is 95.8 Å². The average Bonchev–Trinajstić information content (AvgIpc) is 2.16. The van der Waals surface area contributed by atoms with Crippen LogP contribution in [0.1, 0.15) is 26.3 Å². The van der Waals surface area contributed by atoms with Gasteiger partial charge >= 0.3 is 6.09 Å². The fourth-order valence-corrected chi connectivity index (χ4v) is 1.06. The lowest BCUT2D eigenvalue weighted by Gasteiger charge is -2.19. The van der Waals surface area contributed by atoms with E-state index < -0.39 is 6.09 Å². The van der Waals surface area contributed by atoms with E-state index in [1.807, 2.05) is 20.8 Å². The van der Waals surface area contributed by atoms with E-state index >= 15 is 0 Å². The van der Waals surface area contributed by atoms with E-state index in [0.717, 1.165) is 5.56 Å². The van der Waals surface area contributed by atoms with Crippen LogP contribution in [0.4, 0.5) is 4.79 Å². The normalized spacial score (nSPS) is 10.4. The summed E-state index contributed by atoms with van der Waals surface area (Å²) >= 11 is 0. The number of terminal acetylenes is 1. The largest absolute Gasteiger partial charge is 0.413 e. The molecular weight excluding hydrogens is 202 g/mol. The van der Waals surface area contributed by atoms with Crippen LogP contribution >= 0.6 is 0 Å². The van der Waals surface area contributed by atoms with Crippen molar-refractivity contribution in [2.24, 2.45) is 0 Å². The van der Waals surface area contributed by atoms with Gasteiger partial charge < -0.3 is 10.1 Å². The zero-order valence-electron chi connectivity index (χ0n) is 9.70. The standard InChI is InChI=1S/C13H15NO2/c1-5-10-6-8-11(9-7-10)16-12(15)14-13(2,3)4/h1,6-9H,2-4H3,(H,14,15). The molecule has 0 radical (unpaired) electrons. The number of amides is 1. The fourth-order valence-electron chi connectivity index (χ4n) is 1.06. The molecule has 1 aromatic rings. The zero-order chi connectivity index (χ0) is 12.2. The maximum Gasteiger partial charge on any atom is 0.413 e. The van der Waals surface area contributed by atoms with Crippen molar-refractivity contribution >= 4 is 6.09 Å². The first-order valence-electron chi connectivity index (χ1n) is 4.97. The lowest BCUT2D eigenvalue weighted by atomic mass is 10.1. The maximum atomic E-state index is 11.4. The van der Waals surface area contributed by atoms with Gasteiger partial charge in [0.05, 0.1) is 0 Å². The number of hydrogen-bond acceptors (Lipinski definition) is 2. The molecule has 0 unspecified atom stereocenters. The average molecular weight is 217 g/mol. The number of carbonyl (C=O) groups excluding carboxylic acids is 1. The highest BCUT2D eigenvalue weighted by molar-refractivity contribution is 5.71. The van der Waals surface area contributed by atoms with E-state index in [9.17, 15) is 4.79 Å². The SMILES string of the molecule is C#Cc1ccc(OC(=O)NC(C)(C)C)cc1. The summed E-state index contributed by atoms with van der Waals surface area (Å²) in [5, 5.41) is 2.69. The van der Waals surface area contributed by atoms with Gasteiger partial charge in [-0.3, -0.25) is 0 Å². The molecule has 0 aliphatic rings. The molecule has 0 aromatic heterocycles. The van der Waals surface area contributed by atoms with Crippen molar-refractivity contribution in [3.8, 4) is 18.1 Å². The topological polar surface area (TPSA) is 38.3 Å². The number of rotatable bonds is 1. The van der Waals surface area contributed by atoms with Gasteiger partial charge in [0.2, 0.25) is 0 Å². The number of nitrogens with one attached hydrogen (secondary N) is 1. The van der Waals surface area contributed by atoms with Crippen molar-refractivity contribution in [3.63, 3.8) is 0 Å². The van der Waals surface area contributed by atoms with Crippen LogP contribution in [0.5, 0.6) is 5.75 Å². The van der Waals surface area contributed by atoms with Crippen molar-refractivity contribution in [1.82, 2.24) is 5.32 Å². The first kappa shape index (κ1) is 12.1. The molecule has 0 aliphatic heterocycles. The summed E-state index contributed by atoms with van der Waals surface area (Å²) in [7, 11) is 0. The molecule has 1 amide bonds. The van der Waals surface area contributed by atoms with E-state index in [-0.39, 0.29) is 5.54 Å². The van der Waals surface area contributed by atoms with Crippen LogP contribution in [0.25, 0.3) is 0 Å². The van der Waals surface area contributed by atoms with Gasteiger partial charge in [0, 0.05) is 11.1 Å². The second kappa shape index (κ2) is 4.71. The van der Waals surface area contributed by atoms with Gasteiger partial charge in [-0.2, -0.15) is 0 Å². The zero-order valence-corrected chi connectivity index (χ0v) is 9.70. The Kier molecular flexibility index (Phi) is 3.57. The van der Waals surface area contributed by atoms with E-state index in [1.165, 1.54) is 0 Å². The third-order valence-corrected chi connectivity index (χ3v) is 1.71. The summed E-state index contributed by atoms with van der Waals surface area (Å²) in [6, 6.07) is 6.77. The van der Waals surface area contributed by atoms with Crippen molar-refractivity contribution in [1.29, 1.82) is 0 Å². The van der Waals surface area contributed by atoms with Crippen molar-refractivity contribution in [2.75, 3.05) is 0 Å². The molecule has 3 nitrogen and oxygen atoms in total. The molecule has 0 aliphatic carbocycles. The first-order valence-corrected chi connectivity index (χ1v) is 4.97. The third-order valence-electron chi connectivity index (χ3n) is 1.71. The van der Waals surface area contributed by atoms with Crippen molar-refractivity contribution in [2.45, 2.75) is 26.3 Å². The minimum Gasteiger partial charge on any atom is -0.410 e. The van der Waals surface area contributed by atoms with Gasteiger partial charge in [0.25, 0.3) is 0 Å². The number of carbonyl (C=O) groups is 1. The molecular formula is C13H15NO2. The molecule has 0 bridgehead atoms. The third kappa shape index (κ3) is 4.05. The Balaban J connectivity index is 2.61. The van der Waals surface area contributed by atoms with E-state index in [4.69, 9.17) is 11.2 Å². The van der Waals surface area contributed by atoms with Crippen LogP contribution in [0.15, 0.2) is 24.3 Å². The molecule has 0 fully saturated rings. The smallest absolute Gasteiger partial charge is 0.410 e. The number of benzene rings is 1. The molecule has 0 spiro atoms. The highest BCUT2D eigenvalue weighted by atomic mass is 16.6. The number of ether oxygens (including phenoxy) is 1. The predicted molar refractivity (Wildman–Crippen MR) is 63.3 cm³/mol. The highest BCUT2D eigenvalue weighted by Crippen LogP contribution is 2.12. The van der Waals surface area contributed by atoms with Crippen LogP contribution < -0.4 is 10.1 Å². The van der Waals surface area contributed by atoms with Gasteiger partial charge in [-0.1, -0.05) is 5.92 Å². The van der Waals surface area contributed by atoms with Crippen LogP contribution in [-0.4, -0.2) is 11.6 Å². The Bertz CT molecular complexity index is 407. The second-order valence-corrected chi connectivity index (χ2v) is 4.43. The predicted octanol–water partition coefficient (Wildman–Crippen LogP) is 2.55. The molecule has 0 saturated heterocycles. The van der Waals surface area contributed by atoms with Crippen LogP contribution in [0.3, 0.4) is 0 Å². The molecule has 3 heteroatoms. The van der Waals surface area contributed by atoms with E-state index in [2.05, 4.69) is 11.2 Å². The maximum absolute atomic E-state index is 11.4. The summed E-state index contributed by atoms with van der Waals surface area (Å²) in [5.41, 5.74) is 0.444. The summed E-state index contributed by atoms with van der Waals surface area (Å²) < 4.78 is 5.07. The van der Waals surface area contributed by atoms with Gasteiger partial charge in [-0.25, -0.2) is 4.79 Å². The van der Waals surface area contributed by atoms with Crippen LogP contribution in [0.2, 0.25) is 0 Å². The Hall–Kier alpha value is -1.95. The Morgan fingerprint density at radius 1 is 1.31 bits per heavy atom.